The highest BCUT2D eigenvalue weighted by atomic mass is 35.5. The Morgan fingerprint density at radius 1 is 1.40 bits per heavy atom. The molecule has 0 bridgehead atoms. The van der Waals surface area contributed by atoms with Crippen LogP contribution in [0.15, 0.2) is 36.5 Å². The molecule has 0 saturated heterocycles. The first-order valence-corrected chi connectivity index (χ1v) is 6.81. The fraction of sp³-hybridized carbons (Fsp3) is 0.286. The Balaban J connectivity index is 2.07. The number of nitro benzene ring substituents is 1. The summed E-state index contributed by atoms with van der Waals surface area (Å²) in [5.74, 6) is 0. The molecule has 106 valence electrons. The zero-order valence-corrected chi connectivity index (χ0v) is 11.9. The number of hydrogen-bond acceptors (Lipinski definition) is 3. The first-order chi connectivity index (χ1) is 9.61. The lowest BCUT2D eigenvalue weighted by Gasteiger charge is -2.11. The number of halogens is 1. The summed E-state index contributed by atoms with van der Waals surface area (Å²) in [6.07, 6.45) is 3.11. The summed E-state index contributed by atoms with van der Waals surface area (Å²) in [5.41, 5.74) is 1.85. The fourth-order valence-electron chi connectivity index (χ4n) is 2.02. The molecule has 2 rings (SSSR count). The van der Waals surface area contributed by atoms with Gasteiger partial charge in [0.15, 0.2) is 0 Å². The third-order valence-corrected chi connectivity index (χ3v) is 3.32. The molecule has 2 aromatic rings. The molecule has 5 nitrogen and oxygen atoms in total. The highest BCUT2D eigenvalue weighted by Gasteiger charge is 2.09. The molecular weight excluding hydrogens is 278 g/mol. The Morgan fingerprint density at radius 2 is 2.20 bits per heavy atom. The molecule has 0 aliphatic rings. The second kappa shape index (κ2) is 6.43. The fourth-order valence-corrected chi connectivity index (χ4v) is 2.26. The van der Waals surface area contributed by atoms with Crippen molar-refractivity contribution in [2.24, 2.45) is 0 Å². The first-order valence-electron chi connectivity index (χ1n) is 6.43. The number of nitrogens with zero attached hydrogens (tertiary/aromatic N) is 2. The second-order valence-electron chi connectivity index (χ2n) is 4.47. The summed E-state index contributed by atoms with van der Waals surface area (Å²) in [7, 11) is 0. The SMILES string of the molecule is CCCn1cccc1CNc1ccc([N+](=O)[O-])cc1Cl. The summed E-state index contributed by atoms with van der Waals surface area (Å²) in [5, 5.41) is 14.2. The third-order valence-electron chi connectivity index (χ3n) is 3.01. The van der Waals surface area contributed by atoms with Crippen LogP contribution in [0, 0.1) is 10.1 Å². The van der Waals surface area contributed by atoms with Gasteiger partial charge in [-0.15, -0.1) is 0 Å². The van der Waals surface area contributed by atoms with Crippen LogP contribution in [-0.4, -0.2) is 9.49 Å². The zero-order chi connectivity index (χ0) is 14.5. The predicted molar refractivity (Wildman–Crippen MR) is 80.2 cm³/mol. The average molecular weight is 294 g/mol. The minimum atomic E-state index is -0.456. The molecule has 0 aliphatic carbocycles. The number of nitro groups is 1. The van der Waals surface area contributed by atoms with Gasteiger partial charge in [-0.2, -0.15) is 0 Å². The molecule has 1 aromatic heterocycles. The lowest BCUT2D eigenvalue weighted by Crippen LogP contribution is -2.07. The van der Waals surface area contributed by atoms with Crippen molar-refractivity contribution < 1.29 is 4.92 Å². The van der Waals surface area contributed by atoms with Crippen molar-refractivity contribution in [3.63, 3.8) is 0 Å². The maximum atomic E-state index is 10.6. The quantitative estimate of drug-likeness (QED) is 0.645. The van der Waals surface area contributed by atoms with E-state index in [9.17, 15) is 10.1 Å². The van der Waals surface area contributed by atoms with Crippen LogP contribution >= 0.6 is 11.6 Å². The van der Waals surface area contributed by atoms with Gasteiger partial charge in [-0.05, 0) is 24.6 Å². The number of anilines is 1. The minimum absolute atomic E-state index is 0.00471. The molecule has 0 spiro atoms. The van der Waals surface area contributed by atoms with Crippen molar-refractivity contribution in [2.75, 3.05) is 5.32 Å². The van der Waals surface area contributed by atoms with E-state index in [-0.39, 0.29) is 5.69 Å². The van der Waals surface area contributed by atoms with E-state index in [0.717, 1.165) is 18.7 Å². The van der Waals surface area contributed by atoms with Gasteiger partial charge in [-0.3, -0.25) is 10.1 Å². The predicted octanol–water partition coefficient (Wildman–Crippen LogP) is 4.07. The van der Waals surface area contributed by atoms with Crippen LogP contribution in [0.5, 0.6) is 0 Å². The van der Waals surface area contributed by atoms with Crippen LogP contribution < -0.4 is 5.32 Å². The van der Waals surface area contributed by atoms with Gasteiger partial charge in [0.2, 0.25) is 0 Å². The maximum Gasteiger partial charge on any atom is 0.271 e. The van der Waals surface area contributed by atoms with Crippen LogP contribution in [0.4, 0.5) is 11.4 Å². The van der Waals surface area contributed by atoms with Crippen molar-refractivity contribution in [3.05, 3.63) is 57.4 Å². The molecule has 20 heavy (non-hydrogen) atoms. The topological polar surface area (TPSA) is 60.1 Å². The lowest BCUT2D eigenvalue weighted by molar-refractivity contribution is -0.384. The number of rotatable bonds is 6. The van der Waals surface area contributed by atoms with Gasteiger partial charge < -0.3 is 9.88 Å². The number of aromatic nitrogens is 1. The van der Waals surface area contributed by atoms with Gasteiger partial charge in [0.25, 0.3) is 5.69 Å². The maximum absolute atomic E-state index is 10.6. The second-order valence-corrected chi connectivity index (χ2v) is 4.87. The average Bonchev–Trinajstić information content (AvgIpc) is 2.85. The Morgan fingerprint density at radius 3 is 2.85 bits per heavy atom. The standard InChI is InChI=1S/C14H16ClN3O2/c1-2-7-17-8-3-4-12(17)10-16-14-6-5-11(18(19)20)9-13(14)15/h3-6,8-9,16H,2,7,10H2,1H3. The van der Waals surface area contributed by atoms with Crippen LogP contribution in [0.2, 0.25) is 5.02 Å². The molecule has 6 heteroatoms. The van der Waals surface area contributed by atoms with Crippen molar-refractivity contribution >= 4 is 23.0 Å². The lowest BCUT2D eigenvalue weighted by atomic mass is 10.2. The molecular formula is C14H16ClN3O2. The molecule has 1 N–H and O–H groups in total. The normalized spacial score (nSPS) is 10.5. The van der Waals surface area contributed by atoms with E-state index in [1.165, 1.54) is 12.1 Å². The van der Waals surface area contributed by atoms with Crippen molar-refractivity contribution in [3.8, 4) is 0 Å². The minimum Gasteiger partial charge on any atom is -0.378 e. The van der Waals surface area contributed by atoms with Gasteiger partial charge in [-0.1, -0.05) is 18.5 Å². The van der Waals surface area contributed by atoms with E-state index in [1.807, 2.05) is 18.3 Å². The number of non-ortho nitro benzene ring substituents is 1. The van der Waals surface area contributed by atoms with Gasteiger partial charge in [0, 0.05) is 30.6 Å². The molecule has 0 amide bonds. The monoisotopic (exact) mass is 293 g/mol. The largest absolute Gasteiger partial charge is 0.378 e. The van der Waals surface area contributed by atoms with Gasteiger partial charge in [0.1, 0.15) is 0 Å². The van der Waals surface area contributed by atoms with Crippen molar-refractivity contribution in [2.45, 2.75) is 26.4 Å². The summed E-state index contributed by atoms with van der Waals surface area (Å²) in [4.78, 5) is 10.2. The van der Waals surface area contributed by atoms with E-state index in [4.69, 9.17) is 11.6 Å². The van der Waals surface area contributed by atoms with E-state index in [2.05, 4.69) is 16.8 Å². The van der Waals surface area contributed by atoms with Crippen LogP contribution in [0.3, 0.4) is 0 Å². The van der Waals surface area contributed by atoms with E-state index >= 15 is 0 Å². The number of benzene rings is 1. The molecule has 1 aromatic carbocycles. The number of hydrogen-bond donors (Lipinski definition) is 1. The Kier molecular flexibility index (Phi) is 4.63. The van der Waals surface area contributed by atoms with E-state index in [1.54, 1.807) is 6.07 Å². The summed E-state index contributed by atoms with van der Waals surface area (Å²) >= 11 is 6.04. The van der Waals surface area contributed by atoms with E-state index < -0.39 is 4.92 Å². The van der Waals surface area contributed by atoms with Crippen molar-refractivity contribution in [1.29, 1.82) is 0 Å². The highest BCUT2D eigenvalue weighted by molar-refractivity contribution is 6.33. The Hall–Kier alpha value is -2.01. The summed E-state index contributed by atoms with van der Waals surface area (Å²) in [6, 6.07) is 8.48. The number of aryl methyl sites for hydroxylation is 1. The molecule has 0 aliphatic heterocycles. The molecule has 0 fully saturated rings. The molecule has 0 unspecified atom stereocenters. The van der Waals surface area contributed by atoms with Crippen LogP contribution in [0.1, 0.15) is 19.0 Å². The van der Waals surface area contributed by atoms with Gasteiger partial charge in [0.05, 0.1) is 22.2 Å². The van der Waals surface area contributed by atoms with Gasteiger partial charge in [-0.25, -0.2) is 0 Å². The van der Waals surface area contributed by atoms with E-state index in [0.29, 0.717) is 17.3 Å². The Bertz CT molecular complexity index is 610. The van der Waals surface area contributed by atoms with Crippen molar-refractivity contribution in [1.82, 2.24) is 4.57 Å². The molecule has 0 atom stereocenters. The molecule has 0 saturated carbocycles. The summed E-state index contributed by atoms with van der Waals surface area (Å²) in [6.45, 7) is 3.73. The van der Waals surface area contributed by atoms with Crippen LogP contribution in [-0.2, 0) is 13.1 Å². The molecule has 0 radical (unpaired) electrons. The summed E-state index contributed by atoms with van der Waals surface area (Å²) < 4.78 is 2.17. The molecule has 1 heterocycles. The highest BCUT2D eigenvalue weighted by Crippen LogP contribution is 2.27. The Labute approximate surface area is 122 Å². The zero-order valence-electron chi connectivity index (χ0n) is 11.2. The smallest absolute Gasteiger partial charge is 0.271 e. The third kappa shape index (κ3) is 3.30. The first kappa shape index (κ1) is 14.4. The van der Waals surface area contributed by atoms with Crippen LogP contribution in [0.25, 0.3) is 0 Å². The number of nitrogens with one attached hydrogen (secondary N) is 1. The van der Waals surface area contributed by atoms with Gasteiger partial charge >= 0.3 is 0 Å².